The number of aliphatic carboxylic acids is 1. The summed E-state index contributed by atoms with van der Waals surface area (Å²) in [5.41, 5.74) is -1.09. The largest absolute Gasteiger partial charge is 0.479 e. The highest BCUT2D eigenvalue weighted by Crippen LogP contribution is 2.51. The number of carboxylic acids is 1. The summed E-state index contributed by atoms with van der Waals surface area (Å²) in [7, 11) is 0. The number of amides is 1. The summed E-state index contributed by atoms with van der Waals surface area (Å²) in [5.74, 6) is -1.69. The van der Waals surface area contributed by atoms with E-state index < -0.39 is 22.8 Å². The highest BCUT2D eigenvalue weighted by Gasteiger charge is 2.66. The van der Waals surface area contributed by atoms with Gasteiger partial charge in [-0.1, -0.05) is 44.2 Å². The second kappa shape index (κ2) is 6.32. The van der Waals surface area contributed by atoms with Crippen LogP contribution >= 0.6 is 0 Å². The fraction of sp³-hybridized carbons (Fsp3) is 0.556. The van der Waals surface area contributed by atoms with E-state index in [0.29, 0.717) is 6.61 Å². The lowest BCUT2D eigenvalue weighted by Crippen LogP contribution is -2.76. The first kappa shape index (κ1) is 17.5. The van der Waals surface area contributed by atoms with Crippen LogP contribution in [-0.2, 0) is 14.3 Å². The van der Waals surface area contributed by atoms with E-state index in [-0.39, 0.29) is 18.4 Å². The Bertz CT molecular complexity index is 584. The molecule has 1 aromatic carbocycles. The number of nitrogens with one attached hydrogen (secondary N) is 1. The molecule has 1 amide bonds. The molecular weight excluding hydrogens is 294 g/mol. The van der Waals surface area contributed by atoms with Gasteiger partial charge in [0.05, 0.1) is 12.0 Å². The van der Waals surface area contributed by atoms with Gasteiger partial charge < -0.3 is 15.2 Å². The van der Waals surface area contributed by atoms with Crippen molar-refractivity contribution in [1.82, 2.24) is 5.32 Å². The van der Waals surface area contributed by atoms with Crippen molar-refractivity contribution >= 4 is 11.9 Å². The van der Waals surface area contributed by atoms with Crippen LogP contribution in [-0.4, -0.2) is 35.2 Å². The van der Waals surface area contributed by atoms with Crippen molar-refractivity contribution in [2.75, 3.05) is 6.61 Å². The summed E-state index contributed by atoms with van der Waals surface area (Å²) >= 11 is 0. The molecule has 0 spiro atoms. The molecule has 1 fully saturated rings. The average Bonchev–Trinajstić information content (AvgIpc) is 2.53. The minimum absolute atomic E-state index is 0.170. The van der Waals surface area contributed by atoms with Crippen molar-refractivity contribution in [3.63, 3.8) is 0 Å². The van der Waals surface area contributed by atoms with Crippen molar-refractivity contribution in [1.29, 1.82) is 0 Å². The monoisotopic (exact) mass is 319 g/mol. The summed E-state index contributed by atoms with van der Waals surface area (Å²) in [6.07, 6.45) is 0.118. The summed E-state index contributed by atoms with van der Waals surface area (Å²) in [6, 6.07) is 9.35. The SMILES string of the molecule is CCOC1CC(NC(=O)[C@@H](C)c2ccccc2)(C(=O)O)C1(C)C. The number of rotatable bonds is 6. The first-order valence-electron chi connectivity index (χ1n) is 7.98. The lowest BCUT2D eigenvalue weighted by molar-refractivity contribution is -0.194. The molecule has 5 nitrogen and oxygen atoms in total. The van der Waals surface area contributed by atoms with Gasteiger partial charge >= 0.3 is 5.97 Å². The Morgan fingerprint density at radius 2 is 1.96 bits per heavy atom. The fourth-order valence-corrected chi connectivity index (χ4v) is 3.25. The highest BCUT2D eigenvalue weighted by atomic mass is 16.5. The van der Waals surface area contributed by atoms with Gasteiger partial charge in [0.15, 0.2) is 0 Å². The van der Waals surface area contributed by atoms with E-state index in [4.69, 9.17) is 4.74 Å². The van der Waals surface area contributed by atoms with Crippen molar-refractivity contribution in [2.24, 2.45) is 5.41 Å². The maximum absolute atomic E-state index is 12.6. The van der Waals surface area contributed by atoms with Gasteiger partial charge in [0.1, 0.15) is 5.54 Å². The number of hydrogen-bond donors (Lipinski definition) is 2. The molecule has 3 atom stereocenters. The first-order chi connectivity index (χ1) is 10.8. The van der Waals surface area contributed by atoms with E-state index in [1.165, 1.54) is 0 Å². The molecule has 1 saturated carbocycles. The fourth-order valence-electron chi connectivity index (χ4n) is 3.25. The topological polar surface area (TPSA) is 75.6 Å². The molecule has 0 aliphatic heterocycles. The van der Waals surface area contributed by atoms with Gasteiger partial charge in [0.25, 0.3) is 0 Å². The third kappa shape index (κ3) is 2.85. The quantitative estimate of drug-likeness (QED) is 0.845. The van der Waals surface area contributed by atoms with Gasteiger partial charge in [-0.2, -0.15) is 0 Å². The molecule has 1 aliphatic rings. The van der Waals surface area contributed by atoms with Crippen molar-refractivity contribution in [3.05, 3.63) is 35.9 Å². The predicted octanol–water partition coefficient (Wildman–Crippen LogP) is 2.56. The molecule has 0 bridgehead atoms. The zero-order valence-electron chi connectivity index (χ0n) is 14.1. The highest BCUT2D eigenvalue weighted by molar-refractivity contribution is 5.92. The smallest absolute Gasteiger partial charge is 0.330 e. The Morgan fingerprint density at radius 3 is 2.43 bits per heavy atom. The zero-order chi connectivity index (χ0) is 17.3. The van der Waals surface area contributed by atoms with Gasteiger partial charge in [-0.3, -0.25) is 4.79 Å². The van der Waals surface area contributed by atoms with E-state index in [2.05, 4.69) is 5.32 Å². The second-order valence-corrected chi connectivity index (χ2v) is 6.70. The molecule has 0 radical (unpaired) electrons. The number of hydrogen-bond acceptors (Lipinski definition) is 3. The normalized spacial score (nSPS) is 26.9. The lowest BCUT2D eigenvalue weighted by atomic mass is 9.54. The summed E-state index contributed by atoms with van der Waals surface area (Å²) < 4.78 is 5.61. The van der Waals surface area contributed by atoms with E-state index in [1.807, 2.05) is 51.1 Å². The molecule has 0 saturated heterocycles. The molecule has 2 rings (SSSR count). The minimum Gasteiger partial charge on any atom is -0.479 e. The number of carboxylic acid groups (broad SMARTS) is 1. The van der Waals surface area contributed by atoms with Crippen LogP contribution in [0.25, 0.3) is 0 Å². The molecule has 2 N–H and O–H groups in total. The van der Waals surface area contributed by atoms with Crippen molar-refractivity contribution in [3.8, 4) is 0 Å². The average molecular weight is 319 g/mol. The third-order valence-corrected chi connectivity index (χ3v) is 5.16. The van der Waals surface area contributed by atoms with Gasteiger partial charge in [0, 0.05) is 18.4 Å². The molecule has 1 aliphatic carbocycles. The van der Waals surface area contributed by atoms with Crippen molar-refractivity contribution in [2.45, 2.75) is 51.7 Å². The zero-order valence-corrected chi connectivity index (χ0v) is 14.1. The van der Waals surface area contributed by atoms with Gasteiger partial charge in [-0.05, 0) is 19.4 Å². The maximum atomic E-state index is 12.6. The standard InChI is InChI=1S/C18H25NO4/c1-5-23-14-11-18(16(21)22,17(14,3)4)19-15(20)12(2)13-9-7-6-8-10-13/h6-10,12,14H,5,11H2,1-4H3,(H,19,20)(H,21,22)/t12-,14?,18?/m0/s1. The second-order valence-electron chi connectivity index (χ2n) is 6.70. The Balaban J connectivity index is 2.18. The number of benzene rings is 1. The van der Waals surface area contributed by atoms with E-state index in [1.54, 1.807) is 6.92 Å². The molecule has 23 heavy (non-hydrogen) atoms. The van der Waals surface area contributed by atoms with Gasteiger partial charge in [-0.25, -0.2) is 4.79 Å². The number of carbonyl (C=O) groups is 2. The van der Waals surface area contributed by atoms with Crippen LogP contribution in [0.2, 0.25) is 0 Å². The van der Waals surface area contributed by atoms with Crippen molar-refractivity contribution < 1.29 is 19.4 Å². The Hall–Kier alpha value is -1.88. The molecule has 126 valence electrons. The Morgan fingerprint density at radius 1 is 1.35 bits per heavy atom. The summed E-state index contributed by atoms with van der Waals surface area (Å²) in [6.45, 7) is 7.85. The molecule has 5 heteroatoms. The lowest BCUT2D eigenvalue weighted by Gasteiger charge is -2.58. The van der Waals surface area contributed by atoms with Crippen LogP contribution in [0.4, 0.5) is 0 Å². The molecular formula is C18H25NO4. The third-order valence-electron chi connectivity index (χ3n) is 5.16. The summed E-state index contributed by atoms with van der Waals surface area (Å²) in [4.78, 5) is 24.5. The maximum Gasteiger partial charge on any atom is 0.330 e. The van der Waals surface area contributed by atoms with Crippen LogP contribution in [0.1, 0.15) is 45.6 Å². The first-order valence-corrected chi connectivity index (χ1v) is 7.98. The van der Waals surface area contributed by atoms with E-state index in [0.717, 1.165) is 5.56 Å². The number of ether oxygens (including phenoxy) is 1. The van der Waals surface area contributed by atoms with Crippen LogP contribution in [0.15, 0.2) is 30.3 Å². The van der Waals surface area contributed by atoms with Crippen LogP contribution in [0.5, 0.6) is 0 Å². The van der Waals surface area contributed by atoms with E-state index >= 15 is 0 Å². The summed E-state index contributed by atoms with van der Waals surface area (Å²) in [5, 5.41) is 12.5. The molecule has 1 aromatic rings. The van der Waals surface area contributed by atoms with Gasteiger partial charge in [0.2, 0.25) is 5.91 Å². The Kier molecular flexibility index (Phi) is 4.80. The molecule has 0 heterocycles. The van der Waals surface area contributed by atoms with Crippen LogP contribution < -0.4 is 5.32 Å². The van der Waals surface area contributed by atoms with Crippen LogP contribution in [0.3, 0.4) is 0 Å². The molecule has 2 unspecified atom stereocenters. The van der Waals surface area contributed by atoms with Crippen LogP contribution in [0, 0.1) is 5.41 Å². The number of carbonyl (C=O) groups excluding carboxylic acids is 1. The Labute approximate surface area is 137 Å². The van der Waals surface area contributed by atoms with Gasteiger partial charge in [-0.15, -0.1) is 0 Å². The molecule has 0 aromatic heterocycles. The van der Waals surface area contributed by atoms with E-state index in [9.17, 15) is 14.7 Å². The minimum atomic E-state index is -1.28. The predicted molar refractivity (Wildman–Crippen MR) is 87.2 cm³/mol.